The number of hydrogen-bond donors (Lipinski definition) is 2. The lowest BCUT2D eigenvalue weighted by atomic mass is 10.1. The van der Waals surface area contributed by atoms with Gasteiger partial charge in [-0.25, -0.2) is 13.4 Å². The van der Waals surface area contributed by atoms with Crippen molar-refractivity contribution in [1.82, 2.24) is 9.29 Å². The number of hydrogen-bond acceptors (Lipinski definition) is 8. The van der Waals surface area contributed by atoms with Crippen molar-refractivity contribution in [3.8, 4) is 0 Å². The number of amides is 1. The molecule has 2 fully saturated rings. The molecule has 1 saturated carbocycles. The highest BCUT2D eigenvalue weighted by Gasteiger charge is 2.28. The van der Waals surface area contributed by atoms with Crippen LogP contribution < -0.4 is 10.6 Å². The van der Waals surface area contributed by atoms with E-state index in [9.17, 15) is 23.3 Å². The fourth-order valence-electron chi connectivity index (χ4n) is 3.76. The Kier molecular flexibility index (Phi) is 5.51. The smallest absolute Gasteiger partial charge is 0.293 e. The molecule has 1 saturated heterocycles. The standard InChI is InChI=1S/C21H21N5O5S2/c27-20(13-3-7-16(22-14-4-5-14)18(11-13)26(28)29)24-21-23-17-8-6-15(12-19(17)32-21)33(30,31)25-9-1-2-10-25/h3,6-8,11-12,14,22H,1-2,4-5,9-10H2,(H,23,24,27). The maximum absolute atomic E-state index is 12.8. The van der Waals surface area contributed by atoms with Crippen molar-refractivity contribution in [3.05, 3.63) is 52.1 Å². The predicted molar refractivity (Wildman–Crippen MR) is 125 cm³/mol. The summed E-state index contributed by atoms with van der Waals surface area (Å²) in [6.45, 7) is 1.04. The number of carbonyl (C=O) groups is 1. The number of nitro groups is 1. The number of benzene rings is 2. The largest absolute Gasteiger partial charge is 0.377 e. The Hall–Kier alpha value is -3.09. The van der Waals surface area contributed by atoms with Gasteiger partial charge in [0.1, 0.15) is 5.69 Å². The van der Waals surface area contributed by atoms with E-state index in [0.29, 0.717) is 29.0 Å². The number of aromatic nitrogens is 1. The van der Waals surface area contributed by atoms with Crippen molar-refractivity contribution in [2.75, 3.05) is 23.7 Å². The van der Waals surface area contributed by atoms with Crippen LogP contribution in [0.3, 0.4) is 0 Å². The molecule has 10 nitrogen and oxygen atoms in total. The van der Waals surface area contributed by atoms with E-state index in [2.05, 4.69) is 15.6 Å². The summed E-state index contributed by atoms with van der Waals surface area (Å²) in [5.74, 6) is -0.528. The van der Waals surface area contributed by atoms with E-state index < -0.39 is 20.9 Å². The molecule has 0 bridgehead atoms. The number of nitro benzene ring substituents is 1. The van der Waals surface area contributed by atoms with E-state index in [1.807, 2.05) is 0 Å². The SMILES string of the molecule is O=C(Nc1nc2ccc(S(=O)(=O)N3CCCC3)cc2s1)c1ccc(NC2CC2)c([N+](=O)[O-])c1. The predicted octanol–water partition coefficient (Wildman–Crippen LogP) is 3.82. The average Bonchev–Trinajstić information content (AvgIpc) is 3.25. The molecule has 0 unspecified atom stereocenters. The third kappa shape index (κ3) is 4.41. The highest BCUT2D eigenvalue weighted by atomic mass is 32.2. The van der Waals surface area contributed by atoms with E-state index in [0.717, 1.165) is 37.0 Å². The first-order chi connectivity index (χ1) is 15.8. The lowest BCUT2D eigenvalue weighted by Crippen LogP contribution is -2.27. The third-order valence-corrected chi connectivity index (χ3v) is 8.51. The minimum atomic E-state index is -3.55. The molecule has 2 aromatic carbocycles. The summed E-state index contributed by atoms with van der Waals surface area (Å²) in [4.78, 5) is 28.2. The molecule has 2 N–H and O–H groups in total. The highest BCUT2D eigenvalue weighted by Crippen LogP contribution is 2.33. The van der Waals surface area contributed by atoms with Gasteiger partial charge in [-0.1, -0.05) is 11.3 Å². The molecule has 1 aliphatic heterocycles. The summed E-state index contributed by atoms with van der Waals surface area (Å²) in [5.41, 5.74) is 0.937. The van der Waals surface area contributed by atoms with Gasteiger partial charge in [-0.3, -0.25) is 20.2 Å². The normalized spacial score (nSPS) is 16.7. The second-order valence-electron chi connectivity index (χ2n) is 8.12. The average molecular weight is 488 g/mol. The van der Waals surface area contributed by atoms with E-state index >= 15 is 0 Å². The number of carbonyl (C=O) groups excluding carboxylic acids is 1. The van der Waals surface area contributed by atoms with Crippen LogP contribution in [0.15, 0.2) is 41.3 Å². The third-order valence-electron chi connectivity index (χ3n) is 5.68. The van der Waals surface area contributed by atoms with Crippen LogP contribution in [0.5, 0.6) is 0 Å². The summed E-state index contributed by atoms with van der Waals surface area (Å²) >= 11 is 1.15. The molecule has 1 aliphatic carbocycles. The van der Waals surface area contributed by atoms with Crippen molar-refractivity contribution in [3.63, 3.8) is 0 Å². The van der Waals surface area contributed by atoms with Crippen LogP contribution in [0.1, 0.15) is 36.0 Å². The number of fused-ring (bicyclic) bond motifs is 1. The molecule has 12 heteroatoms. The second kappa shape index (κ2) is 8.36. The van der Waals surface area contributed by atoms with Crippen molar-refractivity contribution in [1.29, 1.82) is 0 Å². The number of nitrogens with one attached hydrogen (secondary N) is 2. The molecule has 1 amide bonds. The maximum atomic E-state index is 12.8. The Balaban J connectivity index is 1.37. The molecule has 1 aromatic heterocycles. The van der Waals surface area contributed by atoms with Crippen molar-refractivity contribution >= 4 is 54.0 Å². The number of rotatable bonds is 7. The lowest BCUT2D eigenvalue weighted by Gasteiger charge is -2.15. The maximum Gasteiger partial charge on any atom is 0.293 e. The van der Waals surface area contributed by atoms with Crippen LogP contribution in [0.4, 0.5) is 16.5 Å². The number of thiazole rings is 1. The van der Waals surface area contributed by atoms with E-state index in [4.69, 9.17) is 0 Å². The highest BCUT2D eigenvalue weighted by molar-refractivity contribution is 7.89. The molecule has 172 valence electrons. The minimum absolute atomic E-state index is 0.139. The summed E-state index contributed by atoms with van der Waals surface area (Å²) < 4.78 is 27.7. The number of anilines is 2. The molecule has 2 heterocycles. The van der Waals surface area contributed by atoms with Gasteiger partial charge in [-0.05, 0) is 56.0 Å². The van der Waals surface area contributed by atoms with Crippen molar-refractivity contribution < 1.29 is 18.1 Å². The molecule has 3 aromatic rings. The van der Waals surface area contributed by atoms with Crippen molar-refractivity contribution in [2.24, 2.45) is 0 Å². The molecule has 0 atom stereocenters. The zero-order valence-electron chi connectivity index (χ0n) is 17.5. The van der Waals surface area contributed by atoms with E-state index in [-0.39, 0.29) is 27.3 Å². The van der Waals surface area contributed by atoms with Gasteiger partial charge in [0.2, 0.25) is 10.0 Å². The van der Waals surface area contributed by atoms with E-state index in [1.165, 1.54) is 22.5 Å². The van der Waals surface area contributed by atoms with Gasteiger partial charge >= 0.3 is 0 Å². The summed E-state index contributed by atoms with van der Waals surface area (Å²) in [7, 11) is -3.55. The van der Waals surface area contributed by atoms with Gasteiger partial charge in [0.15, 0.2) is 5.13 Å². The van der Waals surface area contributed by atoms with Crippen molar-refractivity contribution in [2.45, 2.75) is 36.6 Å². The molecular formula is C21H21N5O5S2. The fraction of sp³-hybridized carbons (Fsp3) is 0.333. The van der Waals surface area contributed by atoms with Gasteiger partial charge < -0.3 is 5.32 Å². The van der Waals surface area contributed by atoms with Crippen LogP contribution in [0, 0.1) is 10.1 Å². The molecule has 0 radical (unpaired) electrons. The number of sulfonamides is 1. The van der Waals surface area contributed by atoms with Gasteiger partial charge in [0.25, 0.3) is 11.6 Å². The monoisotopic (exact) mass is 487 g/mol. The Morgan fingerprint density at radius 1 is 1.15 bits per heavy atom. The van der Waals surface area contributed by atoms with Crippen LogP contribution in [-0.2, 0) is 10.0 Å². The van der Waals surface area contributed by atoms with Crippen LogP contribution in [0.2, 0.25) is 0 Å². The number of nitrogens with zero attached hydrogens (tertiary/aromatic N) is 3. The summed E-state index contributed by atoms with van der Waals surface area (Å²) in [6.07, 6.45) is 3.65. The van der Waals surface area contributed by atoms with Crippen LogP contribution in [0.25, 0.3) is 10.2 Å². The topological polar surface area (TPSA) is 135 Å². The quantitative estimate of drug-likeness (QED) is 0.382. The molecule has 33 heavy (non-hydrogen) atoms. The Labute approximate surface area is 193 Å². The summed E-state index contributed by atoms with van der Waals surface area (Å²) in [6, 6.07) is 9.27. The second-order valence-corrected chi connectivity index (χ2v) is 11.1. The van der Waals surface area contributed by atoms with Crippen LogP contribution >= 0.6 is 11.3 Å². The first-order valence-corrected chi connectivity index (χ1v) is 12.8. The Bertz CT molecular complexity index is 1360. The van der Waals surface area contributed by atoms with Gasteiger partial charge in [-0.15, -0.1) is 0 Å². The zero-order valence-corrected chi connectivity index (χ0v) is 19.1. The molecule has 2 aliphatic rings. The van der Waals surface area contributed by atoms with Gasteiger partial charge in [-0.2, -0.15) is 4.31 Å². The first kappa shape index (κ1) is 21.7. The van der Waals surface area contributed by atoms with E-state index in [1.54, 1.807) is 18.2 Å². The first-order valence-electron chi connectivity index (χ1n) is 10.6. The van der Waals surface area contributed by atoms with Gasteiger partial charge in [0.05, 0.1) is 20.0 Å². The molecule has 5 rings (SSSR count). The molecular weight excluding hydrogens is 466 g/mol. The Morgan fingerprint density at radius 3 is 2.61 bits per heavy atom. The fourth-order valence-corrected chi connectivity index (χ4v) is 6.28. The summed E-state index contributed by atoms with van der Waals surface area (Å²) in [5, 5.41) is 17.5. The lowest BCUT2D eigenvalue weighted by molar-refractivity contribution is -0.384. The molecule has 0 spiro atoms. The minimum Gasteiger partial charge on any atom is -0.377 e. The Morgan fingerprint density at radius 2 is 1.91 bits per heavy atom. The van der Waals surface area contributed by atoms with Gasteiger partial charge in [0, 0.05) is 30.8 Å². The zero-order chi connectivity index (χ0) is 23.2. The van der Waals surface area contributed by atoms with Crippen LogP contribution in [-0.4, -0.2) is 47.7 Å².